The van der Waals surface area contributed by atoms with Gasteiger partial charge in [-0.2, -0.15) is 0 Å². The van der Waals surface area contributed by atoms with Crippen LogP contribution in [0.4, 0.5) is 10.5 Å². The van der Waals surface area contributed by atoms with Crippen molar-refractivity contribution in [1.29, 1.82) is 0 Å². The van der Waals surface area contributed by atoms with Crippen molar-refractivity contribution in [2.75, 3.05) is 13.7 Å². The molecule has 0 unspecified atom stereocenters. The summed E-state index contributed by atoms with van der Waals surface area (Å²) >= 11 is 0. The third-order valence-electron chi connectivity index (χ3n) is 4.15. The van der Waals surface area contributed by atoms with Crippen molar-refractivity contribution in [3.05, 3.63) is 63.2 Å². The number of carbonyl (C=O) groups is 3. The summed E-state index contributed by atoms with van der Waals surface area (Å²) in [5.41, 5.74) is -0.291. The third-order valence-corrected chi connectivity index (χ3v) is 4.15. The third kappa shape index (κ3) is 4.38. The maximum Gasteiger partial charge on any atom is 0.373 e. The molecule has 3 amide bonds. The van der Waals surface area contributed by atoms with E-state index in [2.05, 4.69) is 16.0 Å². The largest absolute Gasteiger partial charge is 0.473 e. The minimum atomic E-state index is -0.733. The second-order valence-electron chi connectivity index (χ2n) is 6.08. The SMILES string of the molecule is C#CCOc1c(C=C2NC(=O)N(Cc3ccc(C(=O)OC)o3)C2=O)cccc1[N+](=O)[O-]. The molecule has 1 saturated heterocycles. The van der Waals surface area contributed by atoms with E-state index in [1.54, 1.807) is 0 Å². The molecule has 0 saturated carbocycles. The van der Waals surface area contributed by atoms with E-state index in [1.165, 1.54) is 43.5 Å². The number of esters is 1. The Labute approximate surface area is 175 Å². The minimum Gasteiger partial charge on any atom is -0.473 e. The predicted octanol–water partition coefficient (Wildman–Crippen LogP) is 2.08. The van der Waals surface area contributed by atoms with Crippen LogP contribution in [0.25, 0.3) is 6.08 Å². The monoisotopic (exact) mass is 425 g/mol. The van der Waals surface area contributed by atoms with Gasteiger partial charge in [-0.25, -0.2) is 9.59 Å². The fourth-order valence-electron chi connectivity index (χ4n) is 2.77. The summed E-state index contributed by atoms with van der Waals surface area (Å²) < 4.78 is 15.1. The zero-order chi connectivity index (χ0) is 22.5. The van der Waals surface area contributed by atoms with Crippen molar-refractivity contribution < 1.29 is 33.2 Å². The minimum absolute atomic E-state index is 0.0766. The Morgan fingerprint density at radius 3 is 2.81 bits per heavy atom. The summed E-state index contributed by atoms with van der Waals surface area (Å²) in [6.07, 6.45) is 6.41. The molecule has 11 heteroatoms. The first-order valence-corrected chi connectivity index (χ1v) is 8.71. The molecule has 0 radical (unpaired) electrons. The number of para-hydroxylation sites is 1. The molecule has 1 N–H and O–H groups in total. The highest BCUT2D eigenvalue weighted by Gasteiger charge is 2.35. The number of nitrogens with one attached hydrogen (secondary N) is 1. The van der Waals surface area contributed by atoms with Gasteiger partial charge in [0.15, 0.2) is 0 Å². The lowest BCUT2D eigenvalue weighted by molar-refractivity contribution is -0.385. The fourth-order valence-corrected chi connectivity index (χ4v) is 2.77. The van der Waals surface area contributed by atoms with Gasteiger partial charge in [-0.3, -0.25) is 19.8 Å². The maximum absolute atomic E-state index is 12.7. The van der Waals surface area contributed by atoms with Gasteiger partial charge in [0.05, 0.1) is 18.6 Å². The maximum atomic E-state index is 12.7. The molecule has 3 rings (SSSR count). The number of imide groups is 1. The van der Waals surface area contributed by atoms with E-state index in [4.69, 9.17) is 15.6 Å². The molecule has 0 atom stereocenters. The van der Waals surface area contributed by atoms with Crippen molar-refractivity contribution in [1.82, 2.24) is 10.2 Å². The normalized spacial score (nSPS) is 14.3. The van der Waals surface area contributed by atoms with Gasteiger partial charge in [-0.15, -0.1) is 6.42 Å². The number of methoxy groups -OCH3 is 1. The van der Waals surface area contributed by atoms with Crippen LogP contribution >= 0.6 is 0 Å². The van der Waals surface area contributed by atoms with Crippen molar-refractivity contribution in [3.63, 3.8) is 0 Å². The van der Waals surface area contributed by atoms with Crippen LogP contribution in [0.15, 0.2) is 40.4 Å². The highest BCUT2D eigenvalue weighted by molar-refractivity contribution is 6.14. The Morgan fingerprint density at radius 2 is 2.13 bits per heavy atom. The van der Waals surface area contributed by atoms with Gasteiger partial charge in [0, 0.05) is 11.6 Å². The topological polar surface area (TPSA) is 141 Å². The van der Waals surface area contributed by atoms with Crippen LogP contribution in [0, 0.1) is 22.5 Å². The molecule has 2 heterocycles. The molecule has 1 fully saturated rings. The number of hydrogen-bond acceptors (Lipinski definition) is 8. The molecule has 2 aromatic rings. The number of carbonyl (C=O) groups excluding carboxylic acids is 3. The zero-order valence-electron chi connectivity index (χ0n) is 16.1. The molecule has 31 heavy (non-hydrogen) atoms. The van der Waals surface area contributed by atoms with E-state index in [0.717, 1.165) is 4.90 Å². The van der Waals surface area contributed by atoms with E-state index < -0.39 is 22.8 Å². The number of ether oxygens (including phenoxy) is 2. The standard InChI is InChI=1S/C20H15N3O8/c1-3-9-30-17-12(5-4-6-15(17)23(27)28)10-14-18(24)22(20(26)21-14)11-13-7-8-16(31-13)19(25)29-2/h1,4-8,10H,9,11H2,2H3,(H,21,26). The summed E-state index contributed by atoms with van der Waals surface area (Å²) in [5.74, 6) is 0.786. The Morgan fingerprint density at radius 1 is 1.35 bits per heavy atom. The number of urea groups is 1. The van der Waals surface area contributed by atoms with Crippen molar-refractivity contribution in [2.24, 2.45) is 0 Å². The second kappa shape index (κ2) is 8.83. The van der Waals surface area contributed by atoms with Crippen LogP contribution in [0.1, 0.15) is 21.9 Å². The Kier molecular flexibility index (Phi) is 6.02. The van der Waals surface area contributed by atoms with Crippen LogP contribution in [0.2, 0.25) is 0 Å². The highest BCUT2D eigenvalue weighted by atomic mass is 16.6. The van der Waals surface area contributed by atoms with Gasteiger partial charge in [-0.05, 0) is 18.2 Å². The molecule has 0 spiro atoms. The lowest BCUT2D eigenvalue weighted by Gasteiger charge is -2.09. The summed E-state index contributed by atoms with van der Waals surface area (Å²) in [7, 11) is 1.19. The summed E-state index contributed by atoms with van der Waals surface area (Å²) in [4.78, 5) is 47.9. The first-order chi connectivity index (χ1) is 14.8. The summed E-state index contributed by atoms with van der Waals surface area (Å²) in [6.45, 7) is -0.469. The van der Waals surface area contributed by atoms with Gasteiger partial charge >= 0.3 is 17.7 Å². The molecule has 0 bridgehead atoms. The molecular weight excluding hydrogens is 410 g/mol. The van der Waals surface area contributed by atoms with E-state index in [-0.39, 0.29) is 47.4 Å². The molecule has 1 aromatic carbocycles. The van der Waals surface area contributed by atoms with Gasteiger partial charge in [0.25, 0.3) is 5.91 Å². The number of nitrogens with zero attached hydrogens (tertiary/aromatic N) is 2. The number of furan rings is 1. The van der Waals surface area contributed by atoms with Crippen LogP contribution in [0.3, 0.4) is 0 Å². The molecule has 1 aliphatic heterocycles. The molecule has 1 aromatic heterocycles. The molecule has 0 aliphatic carbocycles. The van der Waals surface area contributed by atoms with Gasteiger partial charge in [-0.1, -0.05) is 18.1 Å². The van der Waals surface area contributed by atoms with E-state index >= 15 is 0 Å². The van der Waals surface area contributed by atoms with Crippen molar-refractivity contribution in [3.8, 4) is 18.1 Å². The Bertz CT molecular complexity index is 1140. The van der Waals surface area contributed by atoms with Gasteiger partial charge in [0.2, 0.25) is 11.5 Å². The second-order valence-corrected chi connectivity index (χ2v) is 6.08. The lowest BCUT2D eigenvalue weighted by atomic mass is 10.1. The van der Waals surface area contributed by atoms with Crippen molar-refractivity contribution in [2.45, 2.75) is 6.54 Å². The smallest absolute Gasteiger partial charge is 0.373 e. The number of hydrogen-bond donors (Lipinski definition) is 1. The number of benzene rings is 1. The van der Waals surface area contributed by atoms with Crippen molar-refractivity contribution >= 4 is 29.7 Å². The quantitative estimate of drug-likeness (QED) is 0.177. The van der Waals surface area contributed by atoms with Gasteiger partial charge in [0.1, 0.15) is 18.1 Å². The number of nitro benzene ring substituents is 1. The first-order valence-electron chi connectivity index (χ1n) is 8.71. The Hall–Kier alpha value is -4.59. The van der Waals surface area contributed by atoms with Crippen LogP contribution in [-0.4, -0.2) is 41.4 Å². The number of rotatable bonds is 7. The van der Waals surface area contributed by atoms with Crippen LogP contribution in [-0.2, 0) is 16.1 Å². The first kappa shape index (κ1) is 21.1. The average molecular weight is 425 g/mol. The fraction of sp³-hybridized carbons (Fsp3) is 0.150. The number of terminal acetylenes is 1. The Balaban J connectivity index is 1.87. The molecular formula is C20H15N3O8. The van der Waals surface area contributed by atoms with Gasteiger partial charge < -0.3 is 19.2 Å². The van der Waals surface area contributed by atoms with Crippen LogP contribution in [0.5, 0.6) is 5.75 Å². The number of amides is 3. The zero-order valence-corrected chi connectivity index (χ0v) is 16.1. The molecule has 158 valence electrons. The lowest BCUT2D eigenvalue weighted by Crippen LogP contribution is -2.30. The molecule has 11 nitrogen and oxygen atoms in total. The summed E-state index contributed by atoms with van der Waals surface area (Å²) in [5, 5.41) is 13.7. The predicted molar refractivity (Wildman–Crippen MR) is 105 cm³/mol. The highest BCUT2D eigenvalue weighted by Crippen LogP contribution is 2.33. The van der Waals surface area contributed by atoms with E-state index in [1.807, 2.05) is 0 Å². The molecule has 1 aliphatic rings. The number of nitro groups is 1. The van der Waals surface area contributed by atoms with Crippen LogP contribution < -0.4 is 10.1 Å². The van der Waals surface area contributed by atoms with E-state index in [9.17, 15) is 24.5 Å². The van der Waals surface area contributed by atoms with E-state index in [0.29, 0.717) is 0 Å². The summed E-state index contributed by atoms with van der Waals surface area (Å²) in [6, 6.07) is 6.16. The average Bonchev–Trinajstić information content (AvgIpc) is 3.32.